The Balaban J connectivity index is 1.41. The van der Waals surface area contributed by atoms with E-state index in [0.717, 1.165) is 36.6 Å². The number of hydrogen-bond acceptors (Lipinski definition) is 3. The van der Waals surface area contributed by atoms with Gasteiger partial charge in [0.25, 0.3) is 5.56 Å². The second kappa shape index (κ2) is 7.35. The third-order valence-electron chi connectivity index (χ3n) is 6.84. The number of benzene rings is 2. The quantitative estimate of drug-likeness (QED) is 0.713. The van der Waals surface area contributed by atoms with Crippen LogP contribution in [0.25, 0.3) is 10.8 Å². The summed E-state index contributed by atoms with van der Waals surface area (Å²) in [7, 11) is 0. The fourth-order valence-electron chi connectivity index (χ4n) is 5.35. The first kappa shape index (κ1) is 19.0. The zero-order chi connectivity index (χ0) is 20.8. The van der Waals surface area contributed by atoms with Gasteiger partial charge in [-0.15, -0.1) is 0 Å². The third-order valence-corrected chi connectivity index (χ3v) is 6.84. The topological polar surface area (TPSA) is 66.1 Å². The van der Waals surface area contributed by atoms with Gasteiger partial charge >= 0.3 is 0 Å². The molecule has 1 N–H and O–H groups in total. The second-order valence-corrected chi connectivity index (χ2v) is 8.56. The van der Waals surface area contributed by atoms with Gasteiger partial charge in [0.05, 0.1) is 17.0 Å². The minimum absolute atomic E-state index is 0.0739. The lowest BCUT2D eigenvalue weighted by molar-refractivity contribution is -0.137. The van der Waals surface area contributed by atoms with Gasteiger partial charge in [0.1, 0.15) is 5.82 Å². The maximum Gasteiger partial charge on any atom is 0.272 e. The molecule has 2 fully saturated rings. The second-order valence-electron chi connectivity index (χ2n) is 8.56. The number of aromatic nitrogens is 2. The van der Waals surface area contributed by atoms with E-state index >= 15 is 0 Å². The number of fused-ring (bicyclic) bond motifs is 3. The van der Waals surface area contributed by atoms with Gasteiger partial charge in [-0.1, -0.05) is 30.3 Å². The van der Waals surface area contributed by atoms with Crippen LogP contribution in [0.15, 0.2) is 53.3 Å². The lowest BCUT2D eigenvalue weighted by atomic mass is 9.84. The van der Waals surface area contributed by atoms with Crippen molar-refractivity contribution in [2.45, 2.75) is 56.5 Å². The summed E-state index contributed by atoms with van der Waals surface area (Å²) in [5, 5.41) is 8.08. The number of piperidine rings is 1. The Kier molecular flexibility index (Phi) is 4.65. The van der Waals surface area contributed by atoms with E-state index in [1.54, 1.807) is 6.07 Å². The number of nitrogens with one attached hydrogen (secondary N) is 1. The highest BCUT2D eigenvalue weighted by Crippen LogP contribution is 2.44. The Hall–Kier alpha value is -3.02. The molecule has 3 atom stereocenters. The smallest absolute Gasteiger partial charge is 0.272 e. The van der Waals surface area contributed by atoms with Gasteiger partial charge in [0, 0.05) is 17.5 Å². The van der Waals surface area contributed by atoms with Gasteiger partial charge in [0.15, 0.2) is 0 Å². The van der Waals surface area contributed by atoms with Gasteiger partial charge in [-0.05, 0) is 62.3 Å². The molecule has 3 heterocycles. The van der Waals surface area contributed by atoms with E-state index in [1.807, 2.05) is 37.3 Å². The van der Waals surface area contributed by atoms with Crippen LogP contribution in [0, 0.1) is 5.82 Å². The number of carbonyl (C=O) groups is 1. The summed E-state index contributed by atoms with van der Waals surface area (Å²) in [6, 6.07) is 14.5. The molecule has 0 saturated carbocycles. The first-order valence-electron chi connectivity index (χ1n) is 10.6. The normalized spacial score (nSPS) is 24.2. The summed E-state index contributed by atoms with van der Waals surface area (Å²) in [6.07, 6.45) is 3.81. The monoisotopic (exact) mass is 405 g/mol. The molecule has 0 radical (unpaired) electrons. The van der Waals surface area contributed by atoms with E-state index in [1.165, 1.54) is 12.1 Å². The predicted molar refractivity (Wildman–Crippen MR) is 113 cm³/mol. The number of nitrogens with zero attached hydrogens (tertiary/aromatic N) is 2. The van der Waals surface area contributed by atoms with Gasteiger partial charge in [-0.25, -0.2) is 9.49 Å². The molecule has 6 heteroatoms. The molecule has 2 saturated heterocycles. The number of H-pyrrole nitrogens is 1. The van der Waals surface area contributed by atoms with Crippen LogP contribution in [0.1, 0.15) is 55.7 Å². The van der Waals surface area contributed by atoms with E-state index in [-0.39, 0.29) is 29.4 Å². The summed E-state index contributed by atoms with van der Waals surface area (Å²) >= 11 is 0. The Morgan fingerprint density at radius 1 is 1.07 bits per heavy atom. The Bertz CT molecular complexity index is 1140. The van der Waals surface area contributed by atoms with E-state index in [4.69, 9.17) is 0 Å². The average Bonchev–Trinajstić information content (AvgIpc) is 3.03. The van der Waals surface area contributed by atoms with Crippen LogP contribution in [0.3, 0.4) is 0 Å². The highest BCUT2D eigenvalue weighted by molar-refractivity contribution is 5.91. The average molecular weight is 405 g/mol. The third kappa shape index (κ3) is 3.11. The number of hydrogen-bond donors (Lipinski definition) is 1. The first-order chi connectivity index (χ1) is 14.5. The molecule has 3 unspecified atom stereocenters. The molecular weight excluding hydrogens is 381 g/mol. The minimum Gasteiger partial charge on any atom is -0.336 e. The minimum atomic E-state index is -0.433. The van der Waals surface area contributed by atoms with Crippen LogP contribution < -0.4 is 5.56 Å². The number of rotatable bonds is 3. The molecule has 0 spiro atoms. The van der Waals surface area contributed by atoms with Gasteiger partial charge < -0.3 is 4.90 Å². The summed E-state index contributed by atoms with van der Waals surface area (Å²) in [6.45, 7) is 1.88. The number of amides is 1. The van der Waals surface area contributed by atoms with Crippen LogP contribution in [-0.2, 0) is 4.79 Å². The van der Waals surface area contributed by atoms with Crippen molar-refractivity contribution in [1.29, 1.82) is 0 Å². The van der Waals surface area contributed by atoms with Gasteiger partial charge in [-0.2, -0.15) is 5.10 Å². The maximum atomic E-state index is 13.5. The van der Waals surface area contributed by atoms with Crippen LogP contribution in [0.2, 0.25) is 0 Å². The summed E-state index contributed by atoms with van der Waals surface area (Å²) in [5.41, 5.74) is 1.53. The van der Waals surface area contributed by atoms with Crippen molar-refractivity contribution in [2.24, 2.45) is 0 Å². The molecule has 0 aliphatic carbocycles. The Labute approximate surface area is 173 Å². The summed E-state index contributed by atoms with van der Waals surface area (Å²) in [5.74, 6) is -0.222. The lowest BCUT2D eigenvalue weighted by Crippen LogP contribution is -2.47. The molecule has 2 aliphatic rings. The molecule has 30 heavy (non-hydrogen) atoms. The highest BCUT2D eigenvalue weighted by Gasteiger charge is 2.45. The fraction of sp³-hybridized carbons (Fsp3) is 0.375. The van der Waals surface area contributed by atoms with Crippen molar-refractivity contribution >= 4 is 16.7 Å². The van der Waals surface area contributed by atoms with E-state index in [2.05, 4.69) is 15.1 Å². The van der Waals surface area contributed by atoms with Crippen molar-refractivity contribution in [3.05, 3.63) is 76.0 Å². The molecule has 2 aromatic carbocycles. The SMILES string of the molecule is CC(C(=O)N1C2CCC1CC(c1ccc(F)cc1)C2)c1n[nH]c(=O)c2ccccc12. The largest absolute Gasteiger partial charge is 0.336 e. The number of halogens is 1. The fourth-order valence-corrected chi connectivity index (χ4v) is 5.35. The molecule has 154 valence electrons. The molecule has 5 nitrogen and oxygen atoms in total. The van der Waals surface area contributed by atoms with Crippen molar-refractivity contribution in [3.63, 3.8) is 0 Å². The van der Waals surface area contributed by atoms with Crippen molar-refractivity contribution in [3.8, 4) is 0 Å². The zero-order valence-corrected chi connectivity index (χ0v) is 16.8. The highest BCUT2D eigenvalue weighted by atomic mass is 19.1. The van der Waals surface area contributed by atoms with Crippen molar-refractivity contribution in [2.75, 3.05) is 0 Å². The lowest BCUT2D eigenvalue weighted by Gasteiger charge is -2.40. The van der Waals surface area contributed by atoms with Crippen LogP contribution in [0.4, 0.5) is 4.39 Å². The zero-order valence-electron chi connectivity index (χ0n) is 16.8. The Morgan fingerprint density at radius 2 is 1.70 bits per heavy atom. The van der Waals surface area contributed by atoms with E-state index in [0.29, 0.717) is 17.0 Å². The predicted octanol–water partition coefficient (Wildman–Crippen LogP) is 4.10. The maximum absolute atomic E-state index is 13.5. The van der Waals surface area contributed by atoms with E-state index in [9.17, 15) is 14.0 Å². The molecule has 2 aliphatic heterocycles. The standard InChI is InChI=1S/C24H24FN3O2/c1-14(22-20-4-2-3-5-21(20)23(29)27-26-22)24(30)28-18-10-11-19(28)13-16(12-18)15-6-8-17(25)9-7-15/h2-9,14,16,18-19H,10-13H2,1H3,(H,27,29). The summed E-state index contributed by atoms with van der Waals surface area (Å²) < 4.78 is 13.3. The molecule has 1 amide bonds. The molecule has 1 aromatic heterocycles. The first-order valence-corrected chi connectivity index (χ1v) is 10.6. The van der Waals surface area contributed by atoms with E-state index < -0.39 is 5.92 Å². The molecular formula is C24H24FN3O2. The molecule has 5 rings (SSSR count). The Morgan fingerprint density at radius 3 is 2.37 bits per heavy atom. The van der Waals surface area contributed by atoms with Gasteiger partial charge in [-0.3, -0.25) is 9.59 Å². The molecule has 3 aromatic rings. The number of aromatic amines is 1. The van der Waals surface area contributed by atoms with Crippen LogP contribution >= 0.6 is 0 Å². The van der Waals surface area contributed by atoms with Crippen molar-refractivity contribution in [1.82, 2.24) is 15.1 Å². The van der Waals surface area contributed by atoms with Crippen LogP contribution in [-0.4, -0.2) is 33.1 Å². The van der Waals surface area contributed by atoms with Crippen LogP contribution in [0.5, 0.6) is 0 Å². The summed E-state index contributed by atoms with van der Waals surface area (Å²) in [4.78, 5) is 27.7. The van der Waals surface area contributed by atoms with Crippen molar-refractivity contribution < 1.29 is 9.18 Å². The van der Waals surface area contributed by atoms with Gasteiger partial charge in [0.2, 0.25) is 5.91 Å². The molecule has 2 bridgehead atoms. The number of carbonyl (C=O) groups excluding carboxylic acids is 1.